The predicted octanol–water partition coefficient (Wildman–Crippen LogP) is 16.1. The normalized spacial score (nSPS) is 14.2. The highest BCUT2D eigenvalue weighted by Crippen LogP contribution is 2.26. The van der Waals surface area contributed by atoms with Gasteiger partial charge in [0.15, 0.2) is 0 Å². The summed E-state index contributed by atoms with van der Waals surface area (Å²) in [5, 5.41) is 0. The molecule has 0 spiro atoms. The van der Waals surface area contributed by atoms with Crippen LogP contribution < -0.4 is 41.8 Å². The lowest BCUT2D eigenvalue weighted by Gasteiger charge is -2.26. The number of hydrogen-bond acceptors (Lipinski definition) is 12. The second kappa shape index (κ2) is 55.1. The molecule has 0 saturated heterocycles. The second-order valence-electron chi connectivity index (χ2n) is 26.4. The van der Waals surface area contributed by atoms with Crippen LogP contribution in [-0.4, -0.2) is 84.0 Å². The minimum Gasteiger partial charge on any atom is -0.330 e. The third-order valence-corrected chi connectivity index (χ3v) is 23.1. The number of sulfonamides is 4. The van der Waals surface area contributed by atoms with Gasteiger partial charge in [-0.25, -0.2) is 52.6 Å². The summed E-state index contributed by atoms with van der Waals surface area (Å²) in [5.74, 6) is 4.76. The van der Waals surface area contributed by atoms with Crippen molar-refractivity contribution in [3.63, 3.8) is 0 Å². The van der Waals surface area contributed by atoms with Crippen LogP contribution in [0.3, 0.4) is 0 Å². The molecule has 0 aliphatic heterocycles. The molecule has 4 aromatic rings. The van der Waals surface area contributed by atoms with Crippen molar-refractivity contribution in [3.8, 4) is 0 Å². The van der Waals surface area contributed by atoms with E-state index in [9.17, 15) is 33.7 Å². The van der Waals surface area contributed by atoms with Crippen molar-refractivity contribution in [1.82, 2.24) is 18.9 Å². The van der Waals surface area contributed by atoms with Crippen LogP contribution in [0.25, 0.3) is 0 Å². The molecule has 0 saturated carbocycles. The zero-order valence-corrected chi connectivity index (χ0v) is 67.7. The maximum atomic E-state index is 12.5. The van der Waals surface area contributed by atoms with Crippen LogP contribution in [0.2, 0.25) is 0 Å². The van der Waals surface area contributed by atoms with Crippen molar-refractivity contribution >= 4 is 40.1 Å². The van der Waals surface area contributed by atoms with E-state index in [2.05, 4.69) is 74.3 Å². The monoisotopic (exact) mass is 1420 g/mol. The van der Waals surface area contributed by atoms with Gasteiger partial charge in [-0.1, -0.05) is 239 Å². The van der Waals surface area contributed by atoms with E-state index in [1.54, 1.807) is 97.1 Å². The van der Waals surface area contributed by atoms with Crippen LogP contribution in [0.1, 0.15) is 218 Å². The minimum atomic E-state index is -3.46. The molecule has 0 aliphatic rings. The summed E-state index contributed by atoms with van der Waals surface area (Å²) < 4.78 is 111. The molecule has 8 atom stereocenters. The summed E-state index contributed by atoms with van der Waals surface area (Å²) in [6, 6.07) is 33.8. The van der Waals surface area contributed by atoms with Gasteiger partial charge in [0, 0.05) is 24.2 Å². The van der Waals surface area contributed by atoms with Crippen LogP contribution in [0.5, 0.6) is 0 Å². The Balaban J connectivity index is -0.000000567. The fourth-order valence-electron chi connectivity index (χ4n) is 10.0. The maximum absolute atomic E-state index is 12.5. The Bertz CT molecular complexity index is 2510. The first kappa shape index (κ1) is 98.7. The average molecular weight is 1430 g/mol. The summed E-state index contributed by atoms with van der Waals surface area (Å²) >= 11 is 0. The highest BCUT2D eigenvalue weighted by Gasteiger charge is 2.28. The molecular weight excluding hydrogens is 1280 g/mol. The molecule has 0 aliphatic carbocycles. The van der Waals surface area contributed by atoms with Gasteiger partial charge in [-0.3, -0.25) is 0 Å². The quantitative estimate of drug-likeness (QED) is 0.0211. The van der Waals surface area contributed by atoms with Gasteiger partial charge in [0.05, 0.1) is 19.6 Å². The van der Waals surface area contributed by atoms with Crippen LogP contribution in [0, 0.1) is 71.0 Å². The predicted molar refractivity (Wildman–Crippen MR) is 413 cm³/mol. The highest BCUT2D eigenvalue weighted by atomic mass is 32.2. The molecule has 0 heterocycles. The fourth-order valence-corrected chi connectivity index (χ4v) is 15.8. The Morgan fingerprint density at radius 3 is 0.479 bits per heavy atom. The first-order valence-corrected chi connectivity index (χ1v) is 42.1. The van der Waals surface area contributed by atoms with Crippen molar-refractivity contribution < 1.29 is 33.7 Å². The van der Waals surface area contributed by atoms with E-state index in [1.165, 1.54) is 0 Å². The maximum Gasteiger partial charge on any atom is 0.240 e. The zero-order chi connectivity index (χ0) is 75.0. The van der Waals surface area contributed by atoms with Crippen molar-refractivity contribution in [2.45, 2.75) is 261 Å². The molecule has 12 N–H and O–H groups in total. The Hall–Kier alpha value is -3.64. The highest BCUT2D eigenvalue weighted by molar-refractivity contribution is 7.90. The Morgan fingerprint density at radius 2 is 0.375 bits per heavy atom. The van der Waals surface area contributed by atoms with E-state index < -0.39 is 40.1 Å². The topological polar surface area (TPSA) is 289 Å². The zero-order valence-electron chi connectivity index (χ0n) is 64.5. The third-order valence-electron chi connectivity index (χ3n) is 17.0. The third kappa shape index (κ3) is 41.2. The molecule has 0 amide bonds. The number of nitrogens with two attached hydrogens (primary N) is 4. The SMILES string of the molecule is CC.CC.CC.CC.CC(C)[C@@H](CN)CC[C@@H](NS(=O)(=O)c1ccccc1)C(C)C.CC(C)[C@@H](CN)CC[C@H](NS(=O)(=O)c1ccccc1)C(C)C.CC(C)[C@H](CN)CC[C@@H](NS(=O)(=O)c1ccccc1)C(C)C.CC(C)[C@H](CN)CC[C@H](NS(=O)(=O)c1ccccc1)C(C)C. The summed E-state index contributed by atoms with van der Waals surface area (Å²) in [6.45, 7) is 52.3. The minimum absolute atomic E-state index is 0.0713. The van der Waals surface area contributed by atoms with E-state index in [0.29, 0.717) is 93.1 Å². The summed E-state index contributed by atoms with van der Waals surface area (Å²) in [5.41, 5.74) is 23.3. The van der Waals surface area contributed by atoms with E-state index in [1.807, 2.05) is 135 Å². The molecule has 96 heavy (non-hydrogen) atoms. The van der Waals surface area contributed by atoms with Gasteiger partial charge in [-0.15, -0.1) is 0 Å². The molecule has 0 bridgehead atoms. The molecule has 0 fully saturated rings. The average Bonchev–Trinajstić information content (AvgIpc) is 0.930. The van der Waals surface area contributed by atoms with Gasteiger partial charge < -0.3 is 22.9 Å². The van der Waals surface area contributed by atoms with Gasteiger partial charge in [0.1, 0.15) is 0 Å². The van der Waals surface area contributed by atoms with Gasteiger partial charge in [-0.05, 0) is 197 Å². The fraction of sp³-hybridized carbons (Fsp3) is 0.684. The Kier molecular flexibility index (Phi) is 56.7. The summed E-state index contributed by atoms with van der Waals surface area (Å²) in [4.78, 5) is 1.28. The Morgan fingerprint density at radius 1 is 0.240 bits per heavy atom. The van der Waals surface area contributed by atoms with Gasteiger partial charge >= 0.3 is 0 Å². The van der Waals surface area contributed by atoms with Crippen LogP contribution in [-0.2, 0) is 40.1 Å². The van der Waals surface area contributed by atoms with E-state index in [0.717, 1.165) is 51.4 Å². The number of benzene rings is 4. The molecule has 0 unspecified atom stereocenters. The molecule has 0 aromatic heterocycles. The largest absolute Gasteiger partial charge is 0.330 e. The molecule has 560 valence electrons. The van der Waals surface area contributed by atoms with Crippen molar-refractivity contribution in [3.05, 3.63) is 121 Å². The van der Waals surface area contributed by atoms with Crippen molar-refractivity contribution in [2.24, 2.45) is 93.9 Å². The molecule has 16 nitrogen and oxygen atoms in total. The lowest BCUT2D eigenvalue weighted by Crippen LogP contribution is -2.39. The van der Waals surface area contributed by atoms with Crippen LogP contribution in [0.4, 0.5) is 0 Å². The molecular formula is C76H144N8O8S4. The second-order valence-corrected chi connectivity index (χ2v) is 33.3. The lowest BCUT2D eigenvalue weighted by atomic mass is 9.88. The number of rotatable bonds is 36. The molecule has 20 heteroatoms. The summed E-state index contributed by atoms with van der Waals surface area (Å²) in [6.07, 6.45) is 6.99. The van der Waals surface area contributed by atoms with Crippen LogP contribution >= 0.6 is 0 Å². The van der Waals surface area contributed by atoms with Crippen LogP contribution in [0.15, 0.2) is 141 Å². The lowest BCUT2D eigenvalue weighted by molar-refractivity contribution is 0.319. The molecule has 4 aromatic carbocycles. The Labute approximate surface area is 591 Å². The standard InChI is InChI=1S/4C17H30N2O2S.4C2H6/c4*1-13(2)15(12-18)10-11-17(14(3)4)19-22(20,21)16-8-6-5-7-9-16;4*1-2/h4*5-9,13-15,17,19H,10-12,18H2,1-4H3;4*1-2H3/t2*15-,17+;2*15-,17-;;;;/m1010..../s1. The van der Waals surface area contributed by atoms with E-state index in [4.69, 9.17) is 22.9 Å². The first-order valence-electron chi connectivity index (χ1n) is 36.2. The number of hydrogen-bond donors (Lipinski definition) is 8. The first-order chi connectivity index (χ1) is 45.1. The molecule has 4 rings (SSSR count). The van der Waals surface area contributed by atoms with E-state index >= 15 is 0 Å². The van der Waals surface area contributed by atoms with Crippen molar-refractivity contribution in [2.75, 3.05) is 26.2 Å². The van der Waals surface area contributed by atoms with E-state index in [-0.39, 0.29) is 47.8 Å². The van der Waals surface area contributed by atoms with Gasteiger partial charge in [0.25, 0.3) is 0 Å². The van der Waals surface area contributed by atoms with Gasteiger partial charge in [-0.2, -0.15) is 0 Å². The van der Waals surface area contributed by atoms with Gasteiger partial charge in [0.2, 0.25) is 40.1 Å². The number of nitrogens with one attached hydrogen (secondary N) is 4. The smallest absolute Gasteiger partial charge is 0.240 e. The summed E-state index contributed by atoms with van der Waals surface area (Å²) in [7, 11) is -13.8. The molecule has 0 radical (unpaired) electrons. The van der Waals surface area contributed by atoms with Crippen molar-refractivity contribution in [1.29, 1.82) is 0 Å².